The second-order valence-electron chi connectivity index (χ2n) is 7.17. The van der Waals surface area contributed by atoms with Crippen LogP contribution in [-0.2, 0) is 9.47 Å². The molecule has 10 heteroatoms. The van der Waals surface area contributed by atoms with Crippen molar-refractivity contribution in [2.45, 2.75) is 33.7 Å². The first-order valence-electron chi connectivity index (χ1n) is 10.0. The molecule has 0 aliphatic heterocycles. The van der Waals surface area contributed by atoms with E-state index < -0.39 is 29.0 Å². The Kier molecular flexibility index (Phi) is 8.36. The van der Waals surface area contributed by atoms with Gasteiger partial charge in [-0.05, 0) is 33.8 Å². The number of hydrogen-bond acceptors (Lipinski definition) is 8. The van der Waals surface area contributed by atoms with Crippen LogP contribution in [-0.4, -0.2) is 55.3 Å². The summed E-state index contributed by atoms with van der Waals surface area (Å²) in [5.74, 6) is -1.14. The molecular weight excluding hydrogens is 420 g/mol. The maximum atomic E-state index is 12.7. The second kappa shape index (κ2) is 10.8. The summed E-state index contributed by atoms with van der Waals surface area (Å²) in [5, 5.41) is 11.5. The van der Waals surface area contributed by atoms with Gasteiger partial charge in [-0.2, -0.15) is 0 Å². The van der Waals surface area contributed by atoms with Gasteiger partial charge >= 0.3 is 5.97 Å². The number of nitrogens with zero attached hydrogens (tertiary/aromatic N) is 2. The van der Waals surface area contributed by atoms with Crippen LogP contribution >= 0.6 is 0 Å². The van der Waals surface area contributed by atoms with Crippen molar-refractivity contribution >= 4 is 17.4 Å². The third kappa shape index (κ3) is 5.25. The number of aromatic nitrogens is 1. The molecule has 1 unspecified atom stereocenters. The van der Waals surface area contributed by atoms with E-state index in [4.69, 9.17) is 18.9 Å². The number of aryl methyl sites for hydroxylation is 1. The first kappa shape index (κ1) is 24.9. The molecule has 0 spiro atoms. The number of rotatable bonds is 11. The lowest BCUT2D eigenvalue weighted by molar-refractivity contribution is -0.385. The molecule has 0 aliphatic rings. The number of ketones is 1. The summed E-state index contributed by atoms with van der Waals surface area (Å²) in [6.45, 7) is 7.53. The van der Waals surface area contributed by atoms with E-state index in [1.165, 1.54) is 13.2 Å². The molecule has 1 heterocycles. The fourth-order valence-corrected chi connectivity index (χ4v) is 3.63. The van der Waals surface area contributed by atoms with Crippen molar-refractivity contribution in [2.75, 3.05) is 34.0 Å². The molecule has 1 aromatic heterocycles. The Balaban J connectivity index is 2.25. The molecule has 0 N–H and O–H groups in total. The summed E-state index contributed by atoms with van der Waals surface area (Å²) in [6, 6.07) is 4.02. The molecular formula is C22H28N2O8. The molecule has 0 bridgehead atoms. The number of nitro groups is 1. The minimum Gasteiger partial charge on any atom is -0.493 e. The van der Waals surface area contributed by atoms with E-state index in [-0.39, 0.29) is 29.7 Å². The van der Waals surface area contributed by atoms with Crippen molar-refractivity contribution in [3.63, 3.8) is 0 Å². The van der Waals surface area contributed by atoms with Crippen LogP contribution in [0.15, 0.2) is 18.2 Å². The topological polar surface area (TPSA) is 119 Å². The molecule has 0 radical (unpaired) electrons. The van der Waals surface area contributed by atoms with E-state index in [2.05, 4.69) is 0 Å². The van der Waals surface area contributed by atoms with Crippen molar-refractivity contribution in [1.82, 2.24) is 4.57 Å². The van der Waals surface area contributed by atoms with E-state index in [1.807, 2.05) is 18.4 Å². The van der Waals surface area contributed by atoms with Gasteiger partial charge in [0.25, 0.3) is 5.69 Å². The molecule has 1 aromatic carbocycles. The van der Waals surface area contributed by atoms with Crippen molar-refractivity contribution in [3.8, 4) is 11.5 Å². The Morgan fingerprint density at radius 3 is 2.38 bits per heavy atom. The lowest BCUT2D eigenvalue weighted by atomic mass is 10.1. The van der Waals surface area contributed by atoms with Crippen LogP contribution in [0.25, 0.3) is 0 Å². The van der Waals surface area contributed by atoms with E-state index in [1.54, 1.807) is 27.0 Å². The molecule has 0 amide bonds. The zero-order chi connectivity index (χ0) is 24.0. The second-order valence-corrected chi connectivity index (χ2v) is 7.17. The van der Waals surface area contributed by atoms with Crippen molar-refractivity contribution < 1.29 is 33.5 Å². The highest BCUT2D eigenvalue weighted by atomic mass is 16.6. The van der Waals surface area contributed by atoms with Crippen molar-refractivity contribution in [2.24, 2.45) is 0 Å². The molecule has 2 rings (SSSR count). The van der Waals surface area contributed by atoms with Crippen LogP contribution in [0, 0.1) is 24.0 Å². The highest BCUT2D eigenvalue weighted by Crippen LogP contribution is 2.35. The number of nitro benzene ring substituents is 1. The smallest absolute Gasteiger partial charge is 0.345 e. The van der Waals surface area contributed by atoms with E-state index in [9.17, 15) is 19.7 Å². The van der Waals surface area contributed by atoms with Crippen LogP contribution in [0.1, 0.15) is 52.0 Å². The summed E-state index contributed by atoms with van der Waals surface area (Å²) < 4.78 is 22.8. The number of hydrogen-bond donors (Lipinski definition) is 0. The predicted molar refractivity (Wildman–Crippen MR) is 116 cm³/mol. The largest absolute Gasteiger partial charge is 0.493 e. The average molecular weight is 448 g/mol. The third-order valence-electron chi connectivity index (χ3n) is 4.97. The number of carbonyl (C=O) groups is 2. The van der Waals surface area contributed by atoms with Gasteiger partial charge in [0.1, 0.15) is 5.56 Å². The zero-order valence-electron chi connectivity index (χ0n) is 19.1. The lowest BCUT2D eigenvalue weighted by Crippen LogP contribution is -2.17. The molecule has 0 fully saturated rings. The standard InChI is InChI=1S/C22H28N2O8/c1-7-31-21-10-18(24(27)28)17(9-20(21)30-6)22(26)32-12-19(25)16-8-13(2)23(15(16)4)14(3)11-29-5/h8-10,14H,7,11-12H2,1-6H3. The Morgan fingerprint density at radius 1 is 1.12 bits per heavy atom. The highest BCUT2D eigenvalue weighted by Gasteiger charge is 2.27. The van der Waals surface area contributed by atoms with Crippen LogP contribution in [0.3, 0.4) is 0 Å². The van der Waals surface area contributed by atoms with E-state index in [0.29, 0.717) is 12.2 Å². The maximum Gasteiger partial charge on any atom is 0.345 e. The number of ether oxygens (including phenoxy) is 4. The lowest BCUT2D eigenvalue weighted by Gasteiger charge is -2.17. The van der Waals surface area contributed by atoms with E-state index >= 15 is 0 Å². The van der Waals surface area contributed by atoms with Crippen LogP contribution in [0.4, 0.5) is 5.69 Å². The molecule has 1 atom stereocenters. The number of methoxy groups -OCH3 is 2. The molecule has 0 saturated heterocycles. The third-order valence-corrected chi connectivity index (χ3v) is 4.97. The van der Waals surface area contributed by atoms with E-state index in [0.717, 1.165) is 17.5 Å². The summed E-state index contributed by atoms with van der Waals surface area (Å²) in [7, 11) is 2.95. The normalized spacial score (nSPS) is 11.7. The number of Topliss-reactive ketones (excluding diaryl/α,β-unsaturated/α-hetero) is 1. The van der Waals surface area contributed by atoms with Gasteiger partial charge in [-0.25, -0.2) is 4.79 Å². The fourth-order valence-electron chi connectivity index (χ4n) is 3.63. The Hall–Kier alpha value is -3.40. The first-order chi connectivity index (χ1) is 15.2. The van der Waals surface area contributed by atoms with Crippen LogP contribution in [0.5, 0.6) is 11.5 Å². The molecule has 2 aromatic rings. The quantitative estimate of drug-likeness (QED) is 0.221. The summed E-state index contributed by atoms with van der Waals surface area (Å²) in [6.07, 6.45) is 0. The summed E-state index contributed by atoms with van der Waals surface area (Å²) in [4.78, 5) is 36.1. The minimum absolute atomic E-state index is 0.0167. The van der Waals surface area contributed by atoms with Crippen molar-refractivity contribution in [3.05, 3.63) is 50.8 Å². The fraction of sp³-hybridized carbons (Fsp3) is 0.455. The Bertz CT molecular complexity index is 1010. The van der Waals surface area contributed by atoms with Gasteiger partial charge < -0.3 is 23.5 Å². The maximum absolute atomic E-state index is 12.7. The number of esters is 1. The molecule has 0 saturated carbocycles. The number of carbonyl (C=O) groups excluding carboxylic acids is 2. The van der Waals surface area contributed by atoms with Gasteiger partial charge in [-0.15, -0.1) is 0 Å². The van der Waals surface area contributed by atoms with Gasteiger partial charge in [0.15, 0.2) is 18.1 Å². The highest BCUT2D eigenvalue weighted by molar-refractivity contribution is 6.01. The minimum atomic E-state index is -1.01. The molecule has 10 nitrogen and oxygen atoms in total. The average Bonchev–Trinajstić information content (AvgIpc) is 3.05. The van der Waals surface area contributed by atoms with Crippen molar-refractivity contribution in [1.29, 1.82) is 0 Å². The SMILES string of the molecule is CCOc1cc([N+](=O)[O-])c(C(=O)OCC(=O)c2cc(C)n(C(C)COC)c2C)cc1OC. The van der Waals surface area contributed by atoms with Crippen LogP contribution in [0.2, 0.25) is 0 Å². The Morgan fingerprint density at radius 2 is 1.81 bits per heavy atom. The first-order valence-corrected chi connectivity index (χ1v) is 10.0. The van der Waals surface area contributed by atoms with Gasteiger partial charge in [0.05, 0.1) is 37.4 Å². The summed E-state index contributed by atoms with van der Waals surface area (Å²) in [5.41, 5.74) is 1.17. The van der Waals surface area contributed by atoms with Gasteiger partial charge in [0.2, 0.25) is 5.78 Å². The van der Waals surface area contributed by atoms with Gasteiger partial charge in [-0.1, -0.05) is 0 Å². The summed E-state index contributed by atoms with van der Waals surface area (Å²) >= 11 is 0. The van der Waals surface area contributed by atoms with Crippen LogP contribution < -0.4 is 9.47 Å². The zero-order valence-corrected chi connectivity index (χ0v) is 19.1. The molecule has 174 valence electrons. The van der Waals surface area contributed by atoms with Gasteiger partial charge in [-0.3, -0.25) is 14.9 Å². The van der Waals surface area contributed by atoms with Gasteiger partial charge in [0, 0.05) is 30.1 Å². The Labute approximate surface area is 186 Å². The molecule has 0 aliphatic carbocycles. The predicted octanol–water partition coefficient (Wildman–Crippen LogP) is 3.67. The monoisotopic (exact) mass is 448 g/mol. The number of benzene rings is 1. The molecule has 32 heavy (non-hydrogen) atoms.